The Bertz CT molecular complexity index is 523. The maximum atomic E-state index is 12.0. The van der Waals surface area contributed by atoms with Crippen LogP contribution in [0.5, 0.6) is 5.75 Å². The van der Waals surface area contributed by atoms with Crippen LogP contribution < -0.4 is 4.18 Å². The van der Waals surface area contributed by atoms with Crippen molar-refractivity contribution in [1.82, 2.24) is 0 Å². The van der Waals surface area contributed by atoms with Gasteiger partial charge in [0, 0.05) is 0 Å². The highest BCUT2D eigenvalue weighted by molar-refractivity contribution is 7.87. The van der Waals surface area contributed by atoms with Crippen LogP contribution in [-0.4, -0.2) is 14.2 Å². The molecule has 1 aromatic carbocycles. The highest BCUT2D eigenvalue weighted by Crippen LogP contribution is 2.19. The SMILES string of the molecule is CCCCCCCCCCCCS(=O)(=O)Oc1ccccc1C. The quantitative estimate of drug-likeness (QED) is 0.345. The van der Waals surface area contributed by atoms with E-state index in [2.05, 4.69) is 6.92 Å². The zero-order valence-corrected chi connectivity index (χ0v) is 15.5. The highest BCUT2D eigenvalue weighted by atomic mass is 32.2. The molecule has 132 valence electrons. The summed E-state index contributed by atoms with van der Waals surface area (Å²) in [6.45, 7) is 4.09. The lowest BCUT2D eigenvalue weighted by atomic mass is 10.1. The van der Waals surface area contributed by atoms with Gasteiger partial charge in [0.25, 0.3) is 0 Å². The molecule has 0 N–H and O–H groups in total. The molecular weight excluding hydrogens is 308 g/mol. The van der Waals surface area contributed by atoms with E-state index in [-0.39, 0.29) is 5.75 Å². The molecule has 0 heterocycles. The molecule has 0 bridgehead atoms. The molecule has 0 aliphatic carbocycles. The van der Waals surface area contributed by atoms with Crippen molar-refractivity contribution in [2.24, 2.45) is 0 Å². The van der Waals surface area contributed by atoms with Crippen molar-refractivity contribution in [3.05, 3.63) is 29.8 Å². The molecule has 1 aromatic rings. The second-order valence-corrected chi connectivity index (χ2v) is 7.98. The summed E-state index contributed by atoms with van der Waals surface area (Å²) in [7, 11) is -3.46. The van der Waals surface area contributed by atoms with Gasteiger partial charge in [0.05, 0.1) is 5.75 Å². The molecule has 0 aromatic heterocycles. The Balaban J connectivity index is 2.09. The van der Waals surface area contributed by atoms with Gasteiger partial charge in [0.1, 0.15) is 5.75 Å². The molecule has 0 aliphatic heterocycles. The third-order valence-electron chi connectivity index (χ3n) is 4.06. The molecule has 0 saturated carbocycles. The van der Waals surface area contributed by atoms with E-state index in [9.17, 15) is 8.42 Å². The number of unbranched alkanes of at least 4 members (excludes halogenated alkanes) is 9. The van der Waals surface area contributed by atoms with E-state index in [0.29, 0.717) is 12.2 Å². The Hall–Kier alpha value is -1.03. The highest BCUT2D eigenvalue weighted by Gasteiger charge is 2.13. The van der Waals surface area contributed by atoms with Gasteiger partial charge in [0.2, 0.25) is 0 Å². The normalized spacial score (nSPS) is 11.6. The fourth-order valence-corrected chi connectivity index (χ4v) is 3.70. The average molecular weight is 341 g/mol. The molecule has 23 heavy (non-hydrogen) atoms. The summed E-state index contributed by atoms with van der Waals surface area (Å²) >= 11 is 0. The van der Waals surface area contributed by atoms with E-state index in [1.807, 2.05) is 19.1 Å². The smallest absolute Gasteiger partial charge is 0.309 e. The minimum Gasteiger partial charge on any atom is -0.382 e. The molecule has 1 rings (SSSR count). The van der Waals surface area contributed by atoms with E-state index in [1.165, 1.54) is 44.9 Å². The molecule has 4 heteroatoms. The topological polar surface area (TPSA) is 43.4 Å². The molecule has 0 amide bonds. The maximum absolute atomic E-state index is 12.0. The largest absolute Gasteiger partial charge is 0.382 e. The lowest BCUT2D eigenvalue weighted by molar-refractivity contribution is 0.479. The van der Waals surface area contributed by atoms with Crippen LogP contribution in [0, 0.1) is 6.92 Å². The van der Waals surface area contributed by atoms with Crippen molar-refractivity contribution >= 4 is 10.1 Å². The van der Waals surface area contributed by atoms with Gasteiger partial charge in [0.15, 0.2) is 0 Å². The van der Waals surface area contributed by atoms with Gasteiger partial charge in [-0.2, -0.15) is 8.42 Å². The zero-order chi connectivity index (χ0) is 17.0. The molecule has 0 saturated heterocycles. The van der Waals surface area contributed by atoms with Crippen molar-refractivity contribution in [3.8, 4) is 5.75 Å². The zero-order valence-electron chi connectivity index (χ0n) is 14.7. The molecule has 0 unspecified atom stereocenters. The lowest BCUT2D eigenvalue weighted by Crippen LogP contribution is -2.14. The second kappa shape index (κ2) is 11.5. The van der Waals surface area contributed by atoms with Crippen LogP contribution in [0.4, 0.5) is 0 Å². The summed E-state index contributed by atoms with van der Waals surface area (Å²) in [4.78, 5) is 0. The van der Waals surface area contributed by atoms with E-state index < -0.39 is 10.1 Å². The van der Waals surface area contributed by atoms with Gasteiger partial charge >= 0.3 is 10.1 Å². The Kier molecular flexibility index (Phi) is 10.0. The van der Waals surface area contributed by atoms with Gasteiger partial charge < -0.3 is 4.18 Å². The molecule has 0 spiro atoms. The Morgan fingerprint density at radius 2 is 1.35 bits per heavy atom. The minimum atomic E-state index is -3.46. The predicted molar refractivity (Wildman–Crippen MR) is 97.4 cm³/mol. The van der Waals surface area contributed by atoms with Crippen LogP contribution in [0.2, 0.25) is 0 Å². The Morgan fingerprint density at radius 1 is 0.826 bits per heavy atom. The summed E-state index contributed by atoms with van der Waals surface area (Å²) in [5.74, 6) is 0.553. The number of rotatable bonds is 13. The standard InChI is InChI=1S/C19H32O3S/c1-3-4-5-6-7-8-9-10-11-14-17-23(20,21)22-19-16-13-12-15-18(19)2/h12-13,15-16H,3-11,14,17H2,1-2H3. The van der Waals surface area contributed by atoms with Crippen LogP contribution in [0.3, 0.4) is 0 Å². The van der Waals surface area contributed by atoms with Crippen molar-refractivity contribution in [2.75, 3.05) is 5.75 Å². The van der Waals surface area contributed by atoms with Crippen molar-refractivity contribution in [2.45, 2.75) is 78.1 Å². The fourth-order valence-electron chi connectivity index (χ4n) is 2.59. The first-order chi connectivity index (χ1) is 11.0. The number of para-hydroxylation sites is 1. The molecule has 0 radical (unpaired) electrons. The van der Waals surface area contributed by atoms with Crippen molar-refractivity contribution in [1.29, 1.82) is 0 Å². The molecule has 0 fully saturated rings. The number of hydrogen-bond donors (Lipinski definition) is 0. The third kappa shape index (κ3) is 9.65. The molecule has 0 atom stereocenters. The Morgan fingerprint density at radius 3 is 1.91 bits per heavy atom. The van der Waals surface area contributed by atoms with Gasteiger partial charge in [-0.05, 0) is 25.0 Å². The van der Waals surface area contributed by atoms with E-state index in [4.69, 9.17) is 4.18 Å². The molecular formula is C19H32O3S. The summed E-state index contributed by atoms with van der Waals surface area (Å²) in [5, 5.41) is 0. The van der Waals surface area contributed by atoms with Gasteiger partial charge in [-0.25, -0.2) is 0 Å². The Labute approximate surface area is 142 Å². The average Bonchev–Trinajstić information content (AvgIpc) is 2.51. The second-order valence-electron chi connectivity index (χ2n) is 6.29. The third-order valence-corrected chi connectivity index (χ3v) is 5.28. The lowest BCUT2D eigenvalue weighted by Gasteiger charge is -2.09. The first-order valence-corrected chi connectivity index (χ1v) is 10.6. The first kappa shape index (κ1) is 20.0. The minimum absolute atomic E-state index is 0.109. The number of benzene rings is 1. The maximum Gasteiger partial charge on any atom is 0.309 e. The van der Waals surface area contributed by atoms with E-state index in [1.54, 1.807) is 12.1 Å². The first-order valence-electron chi connectivity index (χ1n) is 9.03. The van der Waals surface area contributed by atoms with Crippen LogP contribution in [0.15, 0.2) is 24.3 Å². The predicted octanol–water partition coefficient (Wildman–Crippen LogP) is 5.62. The van der Waals surface area contributed by atoms with Gasteiger partial charge in [-0.1, -0.05) is 82.9 Å². The van der Waals surface area contributed by atoms with Crippen molar-refractivity contribution in [3.63, 3.8) is 0 Å². The summed E-state index contributed by atoms with van der Waals surface area (Å²) in [5.41, 5.74) is 0.846. The number of hydrogen-bond acceptors (Lipinski definition) is 3. The fraction of sp³-hybridized carbons (Fsp3) is 0.684. The van der Waals surface area contributed by atoms with Gasteiger partial charge in [-0.3, -0.25) is 0 Å². The molecule has 3 nitrogen and oxygen atoms in total. The monoisotopic (exact) mass is 340 g/mol. The van der Waals surface area contributed by atoms with Gasteiger partial charge in [-0.15, -0.1) is 0 Å². The van der Waals surface area contributed by atoms with Crippen LogP contribution in [0.25, 0.3) is 0 Å². The van der Waals surface area contributed by atoms with E-state index >= 15 is 0 Å². The summed E-state index contributed by atoms with van der Waals surface area (Å²) < 4.78 is 29.1. The molecule has 0 aliphatic rings. The van der Waals surface area contributed by atoms with E-state index in [0.717, 1.165) is 18.4 Å². The van der Waals surface area contributed by atoms with Crippen LogP contribution in [-0.2, 0) is 10.1 Å². The number of aryl methyl sites for hydroxylation is 1. The van der Waals surface area contributed by atoms with Crippen LogP contribution >= 0.6 is 0 Å². The summed E-state index contributed by atoms with van der Waals surface area (Å²) in [6, 6.07) is 7.21. The van der Waals surface area contributed by atoms with Crippen molar-refractivity contribution < 1.29 is 12.6 Å². The van der Waals surface area contributed by atoms with Crippen LogP contribution in [0.1, 0.15) is 76.7 Å². The summed E-state index contributed by atoms with van der Waals surface area (Å²) in [6.07, 6.45) is 11.9.